The molecule has 0 atom stereocenters. The molecule has 0 radical (unpaired) electrons. The maximum Gasteiger partial charge on any atom is 0.418 e. The maximum atomic E-state index is 13.2. The number of rotatable bonds is 4. The molecule has 0 unspecified atom stereocenters. The van der Waals surface area contributed by atoms with Gasteiger partial charge in [-0.1, -0.05) is 11.6 Å². The van der Waals surface area contributed by atoms with Crippen LogP contribution in [0.4, 0.5) is 24.8 Å². The van der Waals surface area contributed by atoms with Crippen LogP contribution in [0.3, 0.4) is 0 Å². The van der Waals surface area contributed by atoms with E-state index in [0.29, 0.717) is 5.95 Å². The lowest BCUT2D eigenvalue weighted by atomic mass is 10.1. The lowest BCUT2D eigenvalue weighted by Gasteiger charge is -2.15. The van der Waals surface area contributed by atoms with E-state index in [1.165, 1.54) is 12.3 Å². The van der Waals surface area contributed by atoms with E-state index >= 15 is 0 Å². The summed E-state index contributed by atoms with van der Waals surface area (Å²) in [6, 6.07) is 3.00. The topological polar surface area (TPSA) is 93.0 Å². The summed E-state index contributed by atoms with van der Waals surface area (Å²) in [4.78, 5) is 39.6. The first-order valence-electron chi connectivity index (χ1n) is 9.36. The minimum atomic E-state index is -4.71. The number of carbonyl (C=O) groups is 1. The van der Waals surface area contributed by atoms with Crippen LogP contribution in [0.15, 0.2) is 35.5 Å². The Kier molecular flexibility index (Phi) is 5.52. The largest absolute Gasteiger partial charge is 0.418 e. The van der Waals surface area contributed by atoms with Gasteiger partial charge in [0.15, 0.2) is 5.65 Å². The molecule has 2 aromatic heterocycles. The number of benzene rings is 1. The van der Waals surface area contributed by atoms with E-state index in [-0.39, 0.29) is 16.1 Å². The second-order valence-corrected chi connectivity index (χ2v) is 7.45. The van der Waals surface area contributed by atoms with Gasteiger partial charge in [-0.2, -0.15) is 18.2 Å². The molecule has 12 heteroatoms. The van der Waals surface area contributed by atoms with Gasteiger partial charge in [0, 0.05) is 24.3 Å². The monoisotopic (exact) mass is 452 g/mol. The minimum absolute atomic E-state index is 0.112. The van der Waals surface area contributed by atoms with Gasteiger partial charge in [-0.25, -0.2) is 9.97 Å². The quantitative estimate of drug-likeness (QED) is 0.654. The van der Waals surface area contributed by atoms with E-state index in [2.05, 4.69) is 20.3 Å². The second-order valence-electron chi connectivity index (χ2n) is 7.01. The molecule has 1 aliphatic heterocycles. The van der Waals surface area contributed by atoms with Crippen molar-refractivity contribution in [2.45, 2.75) is 25.6 Å². The number of anilines is 2. The van der Waals surface area contributed by atoms with E-state index in [4.69, 9.17) is 11.6 Å². The van der Waals surface area contributed by atoms with Crippen LogP contribution in [-0.4, -0.2) is 38.5 Å². The third-order valence-electron chi connectivity index (χ3n) is 4.83. The summed E-state index contributed by atoms with van der Waals surface area (Å²) >= 11 is 5.64. The van der Waals surface area contributed by atoms with Gasteiger partial charge in [-0.15, -0.1) is 0 Å². The van der Waals surface area contributed by atoms with Crippen LogP contribution in [0.25, 0.3) is 11.0 Å². The van der Waals surface area contributed by atoms with Crippen LogP contribution in [0.1, 0.15) is 18.4 Å². The van der Waals surface area contributed by atoms with Crippen LogP contribution < -0.4 is 15.8 Å². The number of hydrogen-bond donors (Lipinski definition) is 1. The van der Waals surface area contributed by atoms with Crippen molar-refractivity contribution in [1.29, 1.82) is 0 Å². The van der Waals surface area contributed by atoms with E-state index < -0.39 is 35.4 Å². The van der Waals surface area contributed by atoms with Crippen molar-refractivity contribution in [2.24, 2.45) is 0 Å². The number of nitrogens with one attached hydrogen (secondary N) is 1. The molecule has 3 aromatic rings. The Morgan fingerprint density at radius 3 is 2.65 bits per heavy atom. The van der Waals surface area contributed by atoms with Crippen molar-refractivity contribution in [1.82, 2.24) is 19.5 Å². The molecule has 0 saturated carbocycles. The van der Waals surface area contributed by atoms with Crippen LogP contribution in [0.2, 0.25) is 5.02 Å². The predicted molar refractivity (Wildman–Crippen MR) is 108 cm³/mol. The standard InChI is InChI=1S/C19H16ClF3N6O2/c20-11-3-4-14(13(7-11)19(21,22)23)26-15(30)9-29-10-25-16-12(17(29)31)8-24-18(27-16)28-5-1-2-6-28/h3-4,7-8,10H,1-2,5-6,9H2,(H,26,30). The van der Waals surface area contributed by atoms with Gasteiger partial charge in [-0.05, 0) is 31.0 Å². The molecule has 31 heavy (non-hydrogen) atoms. The Balaban J connectivity index is 1.56. The van der Waals surface area contributed by atoms with E-state index in [1.54, 1.807) is 0 Å². The highest BCUT2D eigenvalue weighted by Gasteiger charge is 2.34. The summed E-state index contributed by atoms with van der Waals surface area (Å²) in [7, 11) is 0. The highest BCUT2D eigenvalue weighted by Crippen LogP contribution is 2.36. The molecular formula is C19H16ClF3N6O2. The smallest absolute Gasteiger partial charge is 0.341 e. The number of aromatic nitrogens is 4. The molecule has 3 heterocycles. The SMILES string of the molecule is O=C(Cn1cnc2nc(N3CCCC3)ncc2c1=O)Nc1ccc(Cl)cc1C(F)(F)F. The van der Waals surface area contributed by atoms with Crippen molar-refractivity contribution >= 4 is 40.2 Å². The predicted octanol–water partition coefficient (Wildman–Crippen LogP) is 3.10. The lowest BCUT2D eigenvalue weighted by molar-refractivity contribution is -0.137. The third kappa shape index (κ3) is 4.46. The van der Waals surface area contributed by atoms with E-state index in [0.717, 1.165) is 49.0 Å². The highest BCUT2D eigenvalue weighted by atomic mass is 35.5. The molecule has 4 rings (SSSR count). The molecular weight excluding hydrogens is 437 g/mol. The second kappa shape index (κ2) is 8.14. The number of halogens is 4. The molecule has 162 valence electrons. The Bertz CT molecular complexity index is 1210. The highest BCUT2D eigenvalue weighted by molar-refractivity contribution is 6.30. The number of nitrogens with zero attached hydrogens (tertiary/aromatic N) is 5. The van der Waals surface area contributed by atoms with Gasteiger partial charge < -0.3 is 10.2 Å². The summed E-state index contributed by atoms with van der Waals surface area (Å²) in [5, 5.41) is 2.17. The summed E-state index contributed by atoms with van der Waals surface area (Å²) in [6.45, 7) is 1.12. The molecule has 1 saturated heterocycles. The maximum absolute atomic E-state index is 13.2. The van der Waals surface area contributed by atoms with Gasteiger partial charge in [0.25, 0.3) is 5.56 Å². The number of alkyl halides is 3. The fourth-order valence-corrected chi connectivity index (χ4v) is 3.50. The minimum Gasteiger partial charge on any atom is -0.341 e. The molecule has 0 spiro atoms. The summed E-state index contributed by atoms with van der Waals surface area (Å²) in [5.74, 6) is -0.347. The molecule has 0 aliphatic carbocycles. The molecule has 1 aliphatic rings. The Labute approximate surface area is 178 Å². The van der Waals surface area contributed by atoms with Crippen LogP contribution in [0.5, 0.6) is 0 Å². The van der Waals surface area contributed by atoms with Gasteiger partial charge in [0.05, 0.1) is 11.3 Å². The molecule has 1 amide bonds. The first-order valence-corrected chi connectivity index (χ1v) is 9.74. The number of carbonyl (C=O) groups excluding carboxylic acids is 1. The van der Waals surface area contributed by atoms with E-state index in [1.807, 2.05) is 4.90 Å². The van der Waals surface area contributed by atoms with Crippen molar-refractivity contribution in [3.63, 3.8) is 0 Å². The molecule has 8 nitrogen and oxygen atoms in total. The summed E-state index contributed by atoms with van der Waals surface area (Å²) in [6.07, 6.45) is -0.151. The molecule has 1 aromatic carbocycles. The van der Waals surface area contributed by atoms with Crippen LogP contribution in [-0.2, 0) is 17.5 Å². The van der Waals surface area contributed by atoms with E-state index in [9.17, 15) is 22.8 Å². The first kappa shape index (κ1) is 21.0. The van der Waals surface area contributed by atoms with Crippen molar-refractivity contribution < 1.29 is 18.0 Å². The normalized spacial score (nSPS) is 14.3. The average Bonchev–Trinajstić information content (AvgIpc) is 3.25. The zero-order valence-corrected chi connectivity index (χ0v) is 16.7. The Morgan fingerprint density at radius 1 is 1.19 bits per heavy atom. The lowest BCUT2D eigenvalue weighted by Crippen LogP contribution is -2.29. The zero-order chi connectivity index (χ0) is 22.2. The van der Waals surface area contributed by atoms with Crippen molar-refractivity contribution in [3.05, 3.63) is 51.7 Å². The summed E-state index contributed by atoms with van der Waals surface area (Å²) in [5.41, 5.74) is -1.92. The number of hydrogen-bond acceptors (Lipinski definition) is 6. The van der Waals surface area contributed by atoms with Gasteiger partial charge in [-0.3, -0.25) is 14.2 Å². The van der Waals surface area contributed by atoms with Gasteiger partial charge in [0.1, 0.15) is 18.3 Å². The van der Waals surface area contributed by atoms with Crippen LogP contribution >= 0.6 is 11.6 Å². The van der Waals surface area contributed by atoms with Crippen molar-refractivity contribution in [3.8, 4) is 0 Å². The number of amides is 1. The Morgan fingerprint density at radius 2 is 1.94 bits per heavy atom. The first-order chi connectivity index (χ1) is 14.7. The fraction of sp³-hybridized carbons (Fsp3) is 0.316. The molecule has 1 N–H and O–H groups in total. The van der Waals surface area contributed by atoms with Crippen molar-refractivity contribution in [2.75, 3.05) is 23.3 Å². The van der Waals surface area contributed by atoms with Gasteiger partial charge >= 0.3 is 6.18 Å². The average molecular weight is 453 g/mol. The zero-order valence-electron chi connectivity index (χ0n) is 16.0. The summed E-state index contributed by atoms with van der Waals surface area (Å²) < 4.78 is 40.6. The number of fused-ring (bicyclic) bond motifs is 1. The van der Waals surface area contributed by atoms with Gasteiger partial charge in [0.2, 0.25) is 11.9 Å². The fourth-order valence-electron chi connectivity index (χ4n) is 3.33. The molecule has 1 fully saturated rings. The Hall–Kier alpha value is -3.21. The van der Waals surface area contributed by atoms with Crippen LogP contribution in [0, 0.1) is 0 Å². The molecule has 0 bridgehead atoms. The third-order valence-corrected chi connectivity index (χ3v) is 5.07.